The van der Waals surface area contributed by atoms with Crippen molar-refractivity contribution in [1.82, 2.24) is 4.98 Å². The molecule has 2 aromatic carbocycles. The van der Waals surface area contributed by atoms with Crippen molar-refractivity contribution in [2.75, 3.05) is 12.4 Å². The molecule has 0 aliphatic heterocycles. The third kappa shape index (κ3) is 3.17. The Hall–Kier alpha value is -2.59. The van der Waals surface area contributed by atoms with Gasteiger partial charge in [-0.05, 0) is 55.2 Å². The first kappa shape index (κ1) is 17.2. The van der Waals surface area contributed by atoms with Gasteiger partial charge in [0.05, 0.1) is 23.9 Å². The van der Waals surface area contributed by atoms with E-state index in [-0.39, 0.29) is 18.4 Å². The van der Waals surface area contributed by atoms with E-state index in [1.165, 1.54) is 18.4 Å². The number of aromatic nitrogens is 1. The van der Waals surface area contributed by atoms with Crippen molar-refractivity contribution in [3.63, 3.8) is 0 Å². The molecule has 4 nitrogen and oxygen atoms in total. The van der Waals surface area contributed by atoms with Gasteiger partial charge in [-0.3, -0.25) is 4.98 Å². The smallest absolute Gasteiger partial charge is 0.337 e. The first-order chi connectivity index (χ1) is 11.8. The molecule has 0 fully saturated rings. The van der Waals surface area contributed by atoms with Crippen LogP contribution < -0.4 is 17.7 Å². The lowest BCUT2D eigenvalue weighted by Crippen LogP contribution is -3.00. The van der Waals surface area contributed by atoms with E-state index in [0.717, 1.165) is 41.5 Å². The van der Waals surface area contributed by atoms with Gasteiger partial charge in [-0.2, -0.15) is 0 Å². The predicted molar refractivity (Wildman–Crippen MR) is 94.8 cm³/mol. The summed E-state index contributed by atoms with van der Waals surface area (Å²) in [5.41, 5.74) is 6.17. The van der Waals surface area contributed by atoms with Gasteiger partial charge in [0.2, 0.25) is 0 Å². The Bertz CT molecular complexity index is 923. The second kappa shape index (κ2) is 7.11. The molecule has 4 rings (SSSR count). The van der Waals surface area contributed by atoms with Crippen LogP contribution in [0, 0.1) is 0 Å². The molecule has 5 heteroatoms. The standard InChI is InChI=1S/C20H18N2O2.ClH/c1-24-20(23)13-9-11-14(12-10-13)21-19-15-5-2-3-7-17(15)22-18-8-4-6-16(18)19;/h2-3,5,7,9-12H,4,6,8H2,1H3,(H,21,22);1H/p-1. The van der Waals surface area contributed by atoms with Crippen LogP contribution in [0.4, 0.5) is 11.4 Å². The van der Waals surface area contributed by atoms with Crippen LogP contribution >= 0.6 is 0 Å². The van der Waals surface area contributed by atoms with Crippen LogP contribution in [0.2, 0.25) is 0 Å². The van der Waals surface area contributed by atoms with Crippen molar-refractivity contribution < 1.29 is 21.9 Å². The molecule has 0 saturated heterocycles. The normalized spacial score (nSPS) is 12.4. The average molecular weight is 354 g/mol. The molecule has 1 aromatic heterocycles. The zero-order chi connectivity index (χ0) is 16.5. The van der Waals surface area contributed by atoms with Gasteiger partial charge in [-0.25, -0.2) is 4.79 Å². The summed E-state index contributed by atoms with van der Waals surface area (Å²) in [6, 6.07) is 15.6. The van der Waals surface area contributed by atoms with E-state index in [4.69, 9.17) is 9.72 Å². The van der Waals surface area contributed by atoms with Gasteiger partial charge in [-0.15, -0.1) is 0 Å². The molecule has 0 unspecified atom stereocenters. The van der Waals surface area contributed by atoms with Crippen LogP contribution in [0.25, 0.3) is 10.9 Å². The molecule has 0 amide bonds. The van der Waals surface area contributed by atoms with E-state index in [1.807, 2.05) is 24.3 Å². The second-order valence-corrected chi connectivity index (χ2v) is 5.98. The number of anilines is 2. The molecule has 0 saturated carbocycles. The number of methoxy groups -OCH3 is 1. The van der Waals surface area contributed by atoms with Crippen LogP contribution in [0.1, 0.15) is 28.0 Å². The number of rotatable bonds is 3. The minimum atomic E-state index is -0.322. The lowest BCUT2D eigenvalue weighted by Gasteiger charge is -2.15. The SMILES string of the molecule is COC(=O)c1ccc(Nc2c3c(nc4ccccc24)CCC3)cc1.[Cl-]. The first-order valence-corrected chi connectivity index (χ1v) is 8.12. The number of carbonyl (C=O) groups excluding carboxylic acids is 1. The van der Waals surface area contributed by atoms with Crippen molar-refractivity contribution in [3.05, 3.63) is 65.4 Å². The van der Waals surface area contributed by atoms with Crippen molar-refractivity contribution in [2.24, 2.45) is 0 Å². The van der Waals surface area contributed by atoms with E-state index < -0.39 is 0 Å². The summed E-state index contributed by atoms with van der Waals surface area (Å²) in [6.45, 7) is 0. The molecule has 1 heterocycles. The fourth-order valence-electron chi connectivity index (χ4n) is 3.31. The quantitative estimate of drug-likeness (QED) is 0.720. The van der Waals surface area contributed by atoms with Crippen molar-refractivity contribution in [2.45, 2.75) is 19.3 Å². The monoisotopic (exact) mass is 353 g/mol. The molecule has 1 aliphatic rings. The molecule has 0 atom stereocenters. The summed E-state index contributed by atoms with van der Waals surface area (Å²) >= 11 is 0. The molecule has 0 bridgehead atoms. The van der Waals surface area contributed by atoms with Gasteiger partial charge < -0.3 is 22.5 Å². The Balaban J connectivity index is 0.00000182. The number of ether oxygens (including phenoxy) is 1. The lowest BCUT2D eigenvalue weighted by atomic mass is 10.1. The summed E-state index contributed by atoms with van der Waals surface area (Å²) in [5, 5.41) is 4.67. The Morgan fingerprint density at radius 3 is 2.60 bits per heavy atom. The molecule has 128 valence electrons. The van der Waals surface area contributed by atoms with E-state index >= 15 is 0 Å². The van der Waals surface area contributed by atoms with E-state index in [9.17, 15) is 4.79 Å². The highest BCUT2D eigenvalue weighted by Crippen LogP contribution is 2.35. The predicted octanol–water partition coefficient (Wildman–Crippen LogP) is 1.26. The van der Waals surface area contributed by atoms with E-state index in [1.54, 1.807) is 12.1 Å². The maximum Gasteiger partial charge on any atom is 0.337 e. The third-order valence-corrected chi connectivity index (χ3v) is 4.49. The number of nitrogens with zero attached hydrogens (tertiary/aromatic N) is 1. The highest BCUT2D eigenvalue weighted by atomic mass is 35.5. The number of halogens is 1. The highest BCUT2D eigenvalue weighted by Gasteiger charge is 2.19. The maximum atomic E-state index is 11.6. The summed E-state index contributed by atoms with van der Waals surface area (Å²) in [4.78, 5) is 16.4. The first-order valence-electron chi connectivity index (χ1n) is 8.12. The largest absolute Gasteiger partial charge is 1.00 e. The number of fused-ring (bicyclic) bond motifs is 2. The summed E-state index contributed by atoms with van der Waals surface area (Å²) in [6.07, 6.45) is 3.24. The number of hydrogen-bond donors (Lipinski definition) is 1. The average Bonchev–Trinajstić information content (AvgIpc) is 3.10. The van der Waals surface area contributed by atoms with Gasteiger partial charge in [0.15, 0.2) is 0 Å². The molecular weight excluding hydrogens is 336 g/mol. The fourth-order valence-corrected chi connectivity index (χ4v) is 3.31. The van der Waals surface area contributed by atoms with Crippen LogP contribution in [0.15, 0.2) is 48.5 Å². The van der Waals surface area contributed by atoms with Gasteiger partial charge in [0, 0.05) is 16.8 Å². The van der Waals surface area contributed by atoms with Gasteiger partial charge in [-0.1, -0.05) is 18.2 Å². The number of nitrogens with one attached hydrogen (secondary N) is 1. The number of esters is 1. The number of hydrogen-bond acceptors (Lipinski definition) is 4. The number of aryl methyl sites for hydroxylation is 1. The fraction of sp³-hybridized carbons (Fsp3) is 0.200. The van der Waals surface area contributed by atoms with Crippen molar-refractivity contribution >= 4 is 28.2 Å². The summed E-state index contributed by atoms with van der Waals surface area (Å²) < 4.78 is 4.74. The topological polar surface area (TPSA) is 51.2 Å². The minimum absolute atomic E-state index is 0. The Labute approximate surface area is 152 Å². The van der Waals surface area contributed by atoms with Crippen LogP contribution in [-0.4, -0.2) is 18.1 Å². The van der Waals surface area contributed by atoms with E-state index in [0.29, 0.717) is 5.56 Å². The summed E-state index contributed by atoms with van der Waals surface area (Å²) in [5.74, 6) is -0.322. The highest BCUT2D eigenvalue weighted by molar-refractivity contribution is 5.96. The summed E-state index contributed by atoms with van der Waals surface area (Å²) in [7, 11) is 1.39. The Morgan fingerprint density at radius 2 is 1.84 bits per heavy atom. The molecule has 1 aliphatic carbocycles. The maximum absolute atomic E-state index is 11.6. The van der Waals surface area contributed by atoms with Crippen LogP contribution in [0.5, 0.6) is 0 Å². The molecule has 3 aromatic rings. The van der Waals surface area contributed by atoms with Crippen molar-refractivity contribution in [3.8, 4) is 0 Å². The van der Waals surface area contributed by atoms with Crippen molar-refractivity contribution in [1.29, 1.82) is 0 Å². The Morgan fingerprint density at radius 1 is 1.08 bits per heavy atom. The Kier molecular flexibility index (Phi) is 4.91. The molecular formula is C20H18ClN2O2-. The molecule has 0 radical (unpaired) electrons. The number of para-hydroxylation sites is 1. The number of carbonyl (C=O) groups is 1. The second-order valence-electron chi connectivity index (χ2n) is 5.98. The third-order valence-electron chi connectivity index (χ3n) is 4.49. The molecule has 25 heavy (non-hydrogen) atoms. The van der Waals surface area contributed by atoms with Gasteiger partial charge in [0.25, 0.3) is 0 Å². The number of benzene rings is 2. The zero-order valence-electron chi connectivity index (χ0n) is 13.9. The minimum Gasteiger partial charge on any atom is -1.00 e. The zero-order valence-corrected chi connectivity index (χ0v) is 14.6. The molecule has 1 N–H and O–H groups in total. The van der Waals surface area contributed by atoms with E-state index in [2.05, 4.69) is 17.4 Å². The van der Waals surface area contributed by atoms with Gasteiger partial charge in [0.1, 0.15) is 0 Å². The molecule has 0 spiro atoms. The lowest BCUT2D eigenvalue weighted by molar-refractivity contribution is -0.0000194. The number of pyridine rings is 1. The van der Waals surface area contributed by atoms with Crippen LogP contribution in [-0.2, 0) is 17.6 Å². The van der Waals surface area contributed by atoms with Crippen LogP contribution in [0.3, 0.4) is 0 Å². The van der Waals surface area contributed by atoms with Gasteiger partial charge >= 0.3 is 5.97 Å².